The van der Waals surface area contributed by atoms with Crippen LogP contribution in [0.3, 0.4) is 0 Å². The molecule has 0 radical (unpaired) electrons. The first-order chi connectivity index (χ1) is 6.79. The number of phenolic OH excluding ortho intramolecular Hbond substituents is 1. The number of aromatic hydroxyl groups is 1. The van der Waals surface area contributed by atoms with Gasteiger partial charge in [0.05, 0.1) is 0 Å². The molecule has 0 heterocycles. The standard InChI is InChI=1S/C11H15NO2/c1-2-3-4-6-9-7-5-8-10(13)11(9)12-14/h5,7-8,13H,2-4,6H2,1H3. The van der Waals surface area contributed by atoms with E-state index in [2.05, 4.69) is 12.1 Å². The van der Waals surface area contributed by atoms with E-state index in [1.165, 1.54) is 6.07 Å². The van der Waals surface area contributed by atoms with Crippen LogP contribution >= 0.6 is 0 Å². The van der Waals surface area contributed by atoms with Gasteiger partial charge in [0, 0.05) is 0 Å². The first kappa shape index (κ1) is 10.7. The van der Waals surface area contributed by atoms with Gasteiger partial charge < -0.3 is 5.11 Å². The zero-order chi connectivity index (χ0) is 10.4. The Balaban J connectivity index is 2.75. The zero-order valence-corrected chi connectivity index (χ0v) is 8.36. The Morgan fingerprint density at radius 2 is 2.14 bits per heavy atom. The van der Waals surface area contributed by atoms with Crippen molar-refractivity contribution in [1.29, 1.82) is 0 Å². The summed E-state index contributed by atoms with van der Waals surface area (Å²) in [5.41, 5.74) is 1.04. The molecule has 0 aliphatic carbocycles. The Kier molecular flexibility index (Phi) is 4.11. The van der Waals surface area contributed by atoms with Crippen molar-refractivity contribution in [2.45, 2.75) is 32.6 Å². The van der Waals surface area contributed by atoms with E-state index in [1.807, 2.05) is 6.07 Å². The van der Waals surface area contributed by atoms with E-state index in [0.29, 0.717) is 0 Å². The van der Waals surface area contributed by atoms with Gasteiger partial charge in [0.15, 0.2) is 5.69 Å². The maximum absolute atomic E-state index is 10.5. The molecule has 0 aromatic heterocycles. The van der Waals surface area contributed by atoms with Gasteiger partial charge in [-0.3, -0.25) is 0 Å². The van der Waals surface area contributed by atoms with Crippen LogP contribution in [0.1, 0.15) is 31.7 Å². The Morgan fingerprint density at radius 1 is 1.36 bits per heavy atom. The summed E-state index contributed by atoms with van der Waals surface area (Å²) in [5, 5.41) is 12.2. The predicted molar refractivity (Wildman–Crippen MR) is 56.8 cm³/mol. The SMILES string of the molecule is CCCCCc1cccc(O)c1N=O. The fourth-order valence-electron chi connectivity index (χ4n) is 1.45. The highest BCUT2D eigenvalue weighted by molar-refractivity contribution is 5.56. The summed E-state index contributed by atoms with van der Waals surface area (Å²) in [5.74, 6) is -0.0194. The highest BCUT2D eigenvalue weighted by Gasteiger charge is 2.06. The number of phenols is 1. The van der Waals surface area contributed by atoms with Gasteiger partial charge in [0.25, 0.3) is 0 Å². The molecular formula is C11H15NO2. The summed E-state index contributed by atoms with van der Waals surface area (Å²) in [6.45, 7) is 2.13. The van der Waals surface area contributed by atoms with Crippen molar-refractivity contribution < 1.29 is 5.11 Å². The van der Waals surface area contributed by atoms with E-state index < -0.39 is 0 Å². The fourth-order valence-corrected chi connectivity index (χ4v) is 1.45. The Morgan fingerprint density at radius 3 is 2.79 bits per heavy atom. The molecule has 1 rings (SSSR count). The first-order valence-electron chi connectivity index (χ1n) is 4.93. The largest absolute Gasteiger partial charge is 0.506 e. The smallest absolute Gasteiger partial charge is 0.152 e. The van der Waals surface area contributed by atoms with Crippen molar-refractivity contribution in [2.75, 3.05) is 0 Å². The number of nitrogens with zero attached hydrogens (tertiary/aromatic N) is 1. The molecule has 0 unspecified atom stereocenters. The van der Waals surface area contributed by atoms with Crippen LogP contribution < -0.4 is 0 Å². The van der Waals surface area contributed by atoms with Crippen molar-refractivity contribution in [3.8, 4) is 5.75 Å². The van der Waals surface area contributed by atoms with Gasteiger partial charge in [0.2, 0.25) is 0 Å². The van der Waals surface area contributed by atoms with Gasteiger partial charge in [-0.25, -0.2) is 0 Å². The van der Waals surface area contributed by atoms with E-state index in [1.54, 1.807) is 6.07 Å². The molecule has 14 heavy (non-hydrogen) atoms. The molecule has 3 nitrogen and oxygen atoms in total. The first-order valence-corrected chi connectivity index (χ1v) is 4.93. The molecule has 0 atom stereocenters. The Hall–Kier alpha value is -1.38. The summed E-state index contributed by atoms with van der Waals surface area (Å²) < 4.78 is 0. The van der Waals surface area contributed by atoms with Gasteiger partial charge >= 0.3 is 0 Å². The van der Waals surface area contributed by atoms with E-state index in [9.17, 15) is 10.0 Å². The second kappa shape index (κ2) is 5.37. The van der Waals surface area contributed by atoms with Crippen LogP contribution in [0.15, 0.2) is 23.4 Å². The lowest BCUT2D eigenvalue weighted by Crippen LogP contribution is -1.86. The number of rotatable bonds is 5. The molecule has 0 saturated carbocycles. The molecular weight excluding hydrogens is 178 g/mol. The summed E-state index contributed by atoms with van der Waals surface area (Å²) in [4.78, 5) is 10.5. The fraction of sp³-hybridized carbons (Fsp3) is 0.455. The molecule has 1 aromatic rings. The third-order valence-electron chi connectivity index (χ3n) is 2.24. The number of aryl methyl sites for hydroxylation is 1. The van der Waals surface area contributed by atoms with Crippen molar-refractivity contribution in [3.05, 3.63) is 28.7 Å². The molecule has 0 aliphatic rings. The number of nitroso groups, excluding NO2 is 1. The third-order valence-corrected chi connectivity index (χ3v) is 2.24. The summed E-state index contributed by atoms with van der Waals surface area (Å²) in [6.07, 6.45) is 4.11. The van der Waals surface area contributed by atoms with Gasteiger partial charge in [-0.15, -0.1) is 4.91 Å². The van der Waals surface area contributed by atoms with Crippen LogP contribution in [0.4, 0.5) is 5.69 Å². The Bertz CT molecular complexity index is 310. The maximum Gasteiger partial charge on any atom is 0.152 e. The van der Waals surface area contributed by atoms with Crippen LogP contribution in [0.2, 0.25) is 0 Å². The lowest BCUT2D eigenvalue weighted by molar-refractivity contribution is 0.476. The third kappa shape index (κ3) is 2.55. The molecule has 76 valence electrons. The number of hydrogen-bond acceptors (Lipinski definition) is 3. The van der Waals surface area contributed by atoms with Crippen LogP contribution in [-0.4, -0.2) is 5.11 Å². The number of unbranched alkanes of at least 4 members (excludes halogenated alkanes) is 2. The zero-order valence-electron chi connectivity index (χ0n) is 8.36. The Labute approximate surface area is 83.7 Å². The molecule has 0 bridgehead atoms. The van der Waals surface area contributed by atoms with Crippen LogP contribution in [0.5, 0.6) is 5.75 Å². The van der Waals surface area contributed by atoms with Gasteiger partial charge in [-0.2, -0.15) is 0 Å². The number of benzene rings is 1. The molecule has 1 aromatic carbocycles. The summed E-state index contributed by atoms with van der Waals surface area (Å²) in [7, 11) is 0. The van der Waals surface area contributed by atoms with Crippen molar-refractivity contribution >= 4 is 5.69 Å². The molecule has 1 N–H and O–H groups in total. The minimum atomic E-state index is -0.0194. The maximum atomic E-state index is 10.5. The summed E-state index contributed by atoms with van der Waals surface area (Å²) >= 11 is 0. The van der Waals surface area contributed by atoms with E-state index in [0.717, 1.165) is 31.2 Å². The van der Waals surface area contributed by atoms with Gasteiger partial charge in [-0.05, 0) is 29.6 Å². The minimum absolute atomic E-state index is 0.0194. The minimum Gasteiger partial charge on any atom is -0.506 e. The average Bonchev–Trinajstić information content (AvgIpc) is 2.18. The quantitative estimate of drug-likeness (QED) is 0.574. The van der Waals surface area contributed by atoms with Crippen LogP contribution in [0, 0.1) is 4.91 Å². The predicted octanol–water partition coefficient (Wildman–Crippen LogP) is 3.52. The molecule has 0 saturated heterocycles. The van der Waals surface area contributed by atoms with E-state index in [4.69, 9.17) is 0 Å². The summed E-state index contributed by atoms with van der Waals surface area (Å²) in [6, 6.07) is 5.07. The molecule has 3 heteroatoms. The molecule has 0 spiro atoms. The molecule has 0 aliphatic heterocycles. The normalized spacial score (nSPS) is 10.1. The highest BCUT2D eigenvalue weighted by atomic mass is 16.3. The second-order valence-corrected chi connectivity index (χ2v) is 3.33. The lowest BCUT2D eigenvalue weighted by atomic mass is 10.1. The topological polar surface area (TPSA) is 49.7 Å². The molecule has 0 amide bonds. The van der Waals surface area contributed by atoms with E-state index in [-0.39, 0.29) is 11.4 Å². The monoisotopic (exact) mass is 193 g/mol. The second-order valence-electron chi connectivity index (χ2n) is 3.33. The van der Waals surface area contributed by atoms with Crippen LogP contribution in [-0.2, 0) is 6.42 Å². The number of hydrogen-bond donors (Lipinski definition) is 1. The van der Waals surface area contributed by atoms with Crippen LogP contribution in [0.25, 0.3) is 0 Å². The van der Waals surface area contributed by atoms with Gasteiger partial charge in [-0.1, -0.05) is 31.9 Å². The van der Waals surface area contributed by atoms with E-state index >= 15 is 0 Å². The van der Waals surface area contributed by atoms with Crippen molar-refractivity contribution in [2.24, 2.45) is 5.18 Å². The average molecular weight is 193 g/mol. The molecule has 0 fully saturated rings. The lowest BCUT2D eigenvalue weighted by Gasteiger charge is -2.04. The van der Waals surface area contributed by atoms with Gasteiger partial charge in [0.1, 0.15) is 5.75 Å². The van der Waals surface area contributed by atoms with Crippen molar-refractivity contribution in [3.63, 3.8) is 0 Å². The highest BCUT2D eigenvalue weighted by Crippen LogP contribution is 2.30. The van der Waals surface area contributed by atoms with Crippen molar-refractivity contribution in [1.82, 2.24) is 0 Å².